The zero-order valence-corrected chi connectivity index (χ0v) is 28.6. The lowest BCUT2D eigenvalue weighted by molar-refractivity contribution is -0.141. The van der Waals surface area contributed by atoms with E-state index in [1.54, 1.807) is 16.8 Å². The van der Waals surface area contributed by atoms with Crippen LogP contribution in [0.3, 0.4) is 0 Å². The van der Waals surface area contributed by atoms with Crippen LogP contribution in [0.25, 0.3) is 0 Å². The predicted molar refractivity (Wildman–Crippen MR) is 168 cm³/mol. The van der Waals surface area contributed by atoms with E-state index >= 15 is 0 Å². The zero-order valence-electron chi connectivity index (χ0n) is 27.8. The second kappa shape index (κ2) is 17.4. The van der Waals surface area contributed by atoms with Crippen LogP contribution in [0.5, 0.6) is 0 Å². The van der Waals surface area contributed by atoms with Crippen molar-refractivity contribution in [2.75, 3.05) is 59.7 Å². The van der Waals surface area contributed by atoms with Crippen LogP contribution in [-0.2, 0) is 43.4 Å². The lowest BCUT2D eigenvalue weighted by atomic mass is 9.98. The number of ether oxygens (including phenoxy) is 2. The minimum atomic E-state index is -4.81. The normalized spacial score (nSPS) is 28.5. The van der Waals surface area contributed by atoms with Crippen molar-refractivity contribution in [2.24, 2.45) is 0 Å². The Morgan fingerprint density at radius 2 is 1.35 bits per heavy atom. The molecule has 4 N–H and O–H groups in total. The molecule has 1 aliphatic carbocycles. The number of piperidine rings is 2. The number of rotatable bonds is 14. The van der Waals surface area contributed by atoms with E-state index in [4.69, 9.17) is 23.7 Å². The fourth-order valence-electron chi connectivity index (χ4n) is 7.11. The Hall–Kier alpha value is -2.85. The number of urea groups is 2. The van der Waals surface area contributed by atoms with Crippen LogP contribution < -0.4 is 16.3 Å². The number of nitrogens with zero attached hydrogens (tertiary/aromatic N) is 4. The van der Waals surface area contributed by atoms with Gasteiger partial charge in [-0.1, -0.05) is 19.3 Å². The Bertz CT molecular complexity index is 1270. The van der Waals surface area contributed by atoms with Crippen molar-refractivity contribution in [3.63, 3.8) is 0 Å². The molecule has 6 rings (SSSR count). The van der Waals surface area contributed by atoms with Crippen LogP contribution in [0.15, 0.2) is 0 Å². The van der Waals surface area contributed by atoms with Gasteiger partial charge in [-0.25, -0.2) is 20.5 Å². The largest absolute Gasteiger partial charge is 0.418 e. The van der Waals surface area contributed by atoms with Crippen molar-refractivity contribution in [3.05, 3.63) is 0 Å². The van der Waals surface area contributed by atoms with Gasteiger partial charge in [0.25, 0.3) is 11.8 Å². The van der Waals surface area contributed by atoms with Gasteiger partial charge in [0.2, 0.25) is 0 Å². The second-order valence-electron chi connectivity index (χ2n) is 13.0. The van der Waals surface area contributed by atoms with Crippen LogP contribution in [0.1, 0.15) is 64.2 Å². The van der Waals surface area contributed by atoms with E-state index in [1.165, 1.54) is 24.2 Å². The average Bonchev–Trinajstić information content (AvgIpc) is 3.75. The molecule has 49 heavy (non-hydrogen) atoms. The molecule has 6 aliphatic rings. The number of hydrogen-bond donors (Lipinski definition) is 4. The Kier molecular flexibility index (Phi) is 13.3. The molecule has 1 saturated carbocycles. The Balaban J connectivity index is 0.000000192. The van der Waals surface area contributed by atoms with Gasteiger partial charge < -0.3 is 29.5 Å². The summed E-state index contributed by atoms with van der Waals surface area (Å²) in [5, 5.41) is 3.76. The monoisotopic (exact) mass is 719 g/mol. The molecule has 0 aromatic heterocycles. The maximum atomic E-state index is 12.2. The number of hydroxylamine groups is 4. The van der Waals surface area contributed by atoms with E-state index in [9.17, 15) is 27.6 Å². The summed E-state index contributed by atoms with van der Waals surface area (Å²) in [6.45, 7) is 3.82. The molecule has 6 fully saturated rings. The van der Waals surface area contributed by atoms with Gasteiger partial charge in [0.15, 0.2) is 0 Å². The average molecular weight is 720 g/mol. The van der Waals surface area contributed by atoms with Gasteiger partial charge in [0.05, 0.1) is 50.7 Å². The van der Waals surface area contributed by atoms with Crippen LogP contribution in [0.2, 0.25) is 0 Å². The summed E-state index contributed by atoms with van der Waals surface area (Å²) in [5.74, 6) is -0.738. The molecule has 0 spiro atoms. The molecular formula is C29H49N7O12S. The van der Waals surface area contributed by atoms with Gasteiger partial charge in [0.1, 0.15) is 12.1 Å². The Morgan fingerprint density at radius 3 is 1.94 bits per heavy atom. The van der Waals surface area contributed by atoms with Gasteiger partial charge in [0, 0.05) is 26.7 Å². The van der Waals surface area contributed by atoms with Crippen LogP contribution in [0.4, 0.5) is 9.59 Å². The third-order valence-corrected chi connectivity index (χ3v) is 10.1. The SMILES string of the molecule is CN1C(=O)N2C[C@H]1CC[C@H]2C(=O)NOCCOC1CCCCC1.O=C(NOCCOC1CCNC1)[C@@H]1CC[C@@H]2CN1C(=O)N2OS(=O)(=O)O. The van der Waals surface area contributed by atoms with Gasteiger partial charge in [-0.15, -0.1) is 4.28 Å². The first-order valence-corrected chi connectivity index (χ1v) is 18.5. The highest BCUT2D eigenvalue weighted by Crippen LogP contribution is 2.31. The fourth-order valence-corrected chi connectivity index (χ4v) is 7.50. The number of likely N-dealkylation sites (N-methyl/N-ethyl adjacent to an activating group) is 1. The molecule has 19 nitrogen and oxygen atoms in total. The van der Waals surface area contributed by atoms with E-state index in [0.717, 1.165) is 38.8 Å². The van der Waals surface area contributed by atoms with Gasteiger partial charge in [-0.2, -0.15) is 13.5 Å². The molecule has 5 saturated heterocycles. The van der Waals surface area contributed by atoms with Gasteiger partial charge >= 0.3 is 22.5 Å². The minimum Gasteiger partial charge on any atom is -0.376 e. The highest BCUT2D eigenvalue weighted by molar-refractivity contribution is 7.80. The molecule has 20 heteroatoms. The van der Waals surface area contributed by atoms with E-state index in [2.05, 4.69) is 20.6 Å². The second-order valence-corrected chi connectivity index (χ2v) is 14.1. The molecule has 0 aromatic rings. The van der Waals surface area contributed by atoms with Crippen LogP contribution in [-0.4, -0.2) is 153 Å². The van der Waals surface area contributed by atoms with E-state index in [-0.39, 0.29) is 37.2 Å². The van der Waals surface area contributed by atoms with E-state index in [1.807, 2.05) is 0 Å². The zero-order chi connectivity index (χ0) is 35.0. The highest BCUT2D eigenvalue weighted by Gasteiger charge is 2.49. The smallest absolute Gasteiger partial charge is 0.376 e. The fraction of sp³-hybridized carbons (Fsp3) is 0.862. The highest BCUT2D eigenvalue weighted by atomic mass is 32.3. The Labute approximate surface area is 286 Å². The van der Waals surface area contributed by atoms with Crippen molar-refractivity contribution >= 4 is 34.3 Å². The van der Waals surface area contributed by atoms with Crippen molar-refractivity contribution in [1.82, 2.24) is 36.0 Å². The number of carbonyl (C=O) groups is 4. The lowest BCUT2D eigenvalue weighted by Crippen LogP contribution is -2.49. The maximum absolute atomic E-state index is 12.2. The predicted octanol–water partition coefficient (Wildman–Crippen LogP) is -0.302. The summed E-state index contributed by atoms with van der Waals surface area (Å²) in [6.07, 6.45) is 9.70. The molecule has 5 atom stereocenters. The minimum absolute atomic E-state index is 0.0618. The molecule has 1 unspecified atom stereocenters. The first-order chi connectivity index (χ1) is 23.5. The standard InChI is InChI=1S/C16H27N3O4.C13H22N4O8S/c1-18-12-7-8-14(19(11-12)16(18)21)15(20)17-23-10-9-22-13-5-3-2-4-6-13;18-12(15-24-6-5-23-10-3-4-14-7-10)11-2-1-9-8-16(11)13(19)17(9)25-26(20,21)22/h12-14H,2-11H2,1H3,(H,17,20);9-11,14H,1-8H2,(H,15,18)(H,20,21,22)/t12-,14+;9-,10?,11+/m11/s1. The number of nitrogens with one attached hydrogen (secondary N) is 3. The summed E-state index contributed by atoms with van der Waals surface area (Å²) in [7, 11) is -3.01. The lowest BCUT2D eigenvalue weighted by Gasteiger charge is -2.29. The summed E-state index contributed by atoms with van der Waals surface area (Å²) in [6, 6.07) is -2.36. The summed E-state index contributed by atoms with van der Waals surface area (Å²) >= 11 is 0. The van der Waals surface area contributed by atoms with E-state index in [0.29, 0.717) is 56.8 Å². The summed E-state index contributed by atoms with van der Waals surface area (Å²) < 4.78 is 46.0. The van der Waals surface area contributed by atoms with Crippen molar-refractivity contribution in [2.45, 2.75) is 101 Å². The quantitative estimate of drug-likeness (QED) is 0.103. The maximum Gasteiger partial charge on any atom is 0.418 e. The van der Waals surface area contributed by atoms with Gasteiger partial charge in [-0.3, -0.25) is 23.8 Å². The number of fused-ring (bicyclic) bond motifs is 4. The molecule has 0 radical (unpaired) electrons. The first-order valence-electron chi connectivity index (χ1n) is 17.1. The summed E-state index contributed by atoms with van der Waals surface area (Å²) in [4.78, 5) is 63.6. The van der Waals surface area contributed by atoms with Crippen LogP contribution in [0, 0.1) is 0 Å². The number of hydrogen-bond acceptors (Lipinski definition) is 12. The third-order valence-electron chi connectivity index (χ3n) is 9.75. The van der Waals surface area contributed by atoms with Crippen LogP contribution >= 0.6 is 0 Å². The summed E-state index contributed by atoms with van der Waals surface area (Å²) in [5.41, 5.74) is 4.77. The number of amides is 6. The number of carbonyl (C=O) groups excluding carboxylic acids is 4. The molecule has 5 aliphatic heterocycles. The first kappa shape index (κ1) is 37.4. The molecule has 278 valence electrons. The Morgan fingerprint density at radius 1 is 0.776 bits per heavy atom. The molecule has 4 bridgehead atoms. The molecular weight excluding hydrogens is 670 g/mol. The van der Waals surface area contributed by atoms with Crippen molar-refractivity contribution in [3.8, 4) is 0 Å². The topological polar surface area (TPSA) is 218 Å². The molecule has 6 amide bonds. The molecule has 5 heterocycles. The van der Waals surface area contributed by atoms with Gasteiger partial charge in [-0.05, 0) is 51.5 Å². The molecule has 0 aromatic carbocycles. The van der Waals surface area contributed by atoms with E-state index < -0.39 is 40.5 Å². The van der Waals surface area contributed by atoms with Crippen molar-refractivity contribution < 1.29 is 55.6 Å². The van der Waals surface area contributed by atoms with Crippen molar-refractivity contribution in [1.29, 1.82) is 0 Å². The third kappa shape index (κ3) is 10.1.